The smallest absolute Gasteiger partial charge is 0.132 e. The highest BCUT2D eigenvalue weighted by molar-refractivity contribution is 9.10. The molecular weight excluding hydrogens is 252 g/mol. The minimum absolute atomic E-state index is 0.343. The Balaban J connectivity index is 0.000000288. The summed E-state index contributed by atoms with van der Waals surface area (Å²) in [6.07, 6.45) is 2.49. The molecule has 0 unspecified atom stereocenters. The maximum absolute atomic E-state index is 10.2. The van der Waals surface area contributed by atoms with E-state index < -0.39 is 0 Å². The van der Waals surface area contributed by atoms with Crippen molar-refractivity contribution in [2.75, 3.05) is 0 Å². The lowest BCUT2D eigenvalue weighted by molar-refractivity contribution is -0.118. The Morgan fingerprint density at radius 3 is 2.07 bits per heavy atom. The number of aryl methyl sites for hydroxylation is 1. The number of carbonyl (C=O) groups is 1. The molecule has 15 heavy (non-hydrogen) atoms. The molecule has 0 saturated heterocycles. The third kappa shape index (κ3) is 7.32. The van der Waals surface area contributed by atoms with Gasteiger partial charge in [0.1, 0.15) is 5.78 Å². The summed E-state index contributed by atoms with van der Waals surface area (Å²) in [5.41, 5.74) is 1.38. The van der Waals surface area contributed by atoms with Gasteiger partial charge < -0.3 is 0 Å². The van der Waals surface area contributed by atoms with Crippen molar-refractivity contribution < 1.29 is 4.79 Å². The Morgan fingerprint density at radius 1 is 1.20 bits per heavy atom. The highest BCUT2D eigenvalue weighted by Crippen LogP contribution is 2.11. The highest BCUT2D eigenvalue weighted by Gasteiger charge is 1.87. The van der Waals surface area contributed by atoms with Gasteiger partial charge in [0.2, 0.25) is 0 Å². The molecule has 0 fully saturated rings. The summed E-state index contributed by atoms with van der Waals surface area (Å²) in [6.45, 7) is 5.92. The number of ketones is 1. The maximum Gasteiger partial charge on any atom is 0.132 e. The van der Waals surface area contributed by atoms with E-state index in [-0.39, 0.29) is 0 Å². The van der Waals surface area contributed by atoms with Crippen molar-refractivity contribution in [2.45, 2.75) is 40.0 Å². The fraction of sp³-hybridized carbons (Fsp3) is 0.462. The minimum Gasteiger partial charge on any atom is -0.300 e. The predicted molar refractivity (Wildman–Crippen MR) is 69.1 cm³/mol. The van der Waals surface area contributed by atoms with Crippen molar-refractivity contribution in [3.8, 4) is 0 Å². The molecule has 0 aliphatic rings. The highest BCUT2D eigenvalue weighted by atomic mass is 79.9. The third-order valence-corrected chi connectivity index (χ3v) is 2.58. The first kappa shape index (κ1) is 14.4. The molecule has 1 nitrogen and oxygen atoms in total. The Labute approximate surface area is 101 Å². The lowest BCUT2D eigenvalue weighted by Gasteiger charge is -1.94. The quantitative estimate of drug-likeness (QED) is 0.797. The fourth-order valence-electron chi connectivity index (χ4n) is 1.01. The van der Waals surface area contributed by atoms with Crippen LogP contribution in [0.4, 0.5) is 0 Å². The Bertz CT molecular complexity index is 288. The monoisotopic (exact) mass is 270 g/mol. The third-order valence-electron chi connectivity index (χ3n) is 2.09. The number of halogens is 1. The molecule has 0 spiro atoms. The number of benzene rings is 1. The molecule has 0 saturated carbocycles. The largest absolute Gasteiger partial charge is 0.300 e. The number of carbonyl (C=O) groups excluding carboxylic acids is 1. The summed E-state index contributed by atoms with van der Waals surface area (Å²) in [5.74, 6) is 0.343. The van der Waals surface area contributed by atoms with E-state index in [2.05, 4.69) is 41.1 Å². The van der Waals surface area contributed by atoms with Gasteiger partial charge in [-0.1, -0.05) is 48.8 Å². The van der Waals surface area contributed by atoms with Gasteiger partial charge in [0.05, 0.1) is 0 Å². The second-order valence-electron chi connectivity index (χ2n) is 3.23. The molecular formula is C13H19BrO. The Kier molecular flexibility index (Phi) is 8.30. The molecule has 1 aromatic rings. The fourth-order valence-corrected chi connectivity index (χ4v) is 1.45. The van der Waals surface area contributed by atoms with Gasteiger partial charge in [0, 0.05) is 17.3 Å². The first-order valence-electron chi connectivity index (χ1n) is 5.40. The van der Waals surface area contributed by atoms with Crippen LogP contribution < -0.4 is 0 Å². The zero-order valence-corrected chi connectivity index (χ0v) is 11.3. The van der Waals surface area contributed by atoms with Crippen LogP contribution in [0.3, 0.4) is 0 Å². The van der Waals surface area contributed by atoms with Gasteiger partial charge in [-0.05, 0) is 24.1 Å². The van der Waals surface area contributed by atoms with Crippen molar-refractivity contribution in [1.29, 1.82) is 0 Å². The lowest BCUT2D eigenvalue weighted by Crippen LogP contribution is -1.88. The molecule has 0 N–H and O–H groups in total. The standard InChI is InChI=1S/C8H9Br.C5H10O/c1-2-7-4-3-5-8(9)6-7;1-3-5(6)4-2/h3-6H,2H2,1H3;3-4H2,1-2H3. The first-order valence-corrected chi connectivity index (χ1v) is 6.19. The normalized spacial score (nSPS) is 9.07. The molecule has 0 radical (unpaired) electrons. The van der Waals surface area contributed by atoms with Crippen LogP contribution in [0.2, 0.25) is 0 Å². The summed E-state index contributed by atoms with van der Waals surface area (Å²) in [6, 6.07) is 8.37. The van der Waals surface area contributed by atoms with Gasteiger partial charge in [-0.15, -0.1) is 0 Å². The summed E-state index contributed by atoms with van der Waals surface area (Å²) in [4.78, 5) is 10.2. The Hall–Kier alpha value is -0.630. The second kappa shape index (κ2) is 8.66. The second-order valence-corrected chi connectivity index (χ2v) is 4.14. The molecule has 1 rings (SSSR count). The zero-order chi connectivity index (χ0) is 11.7. The van der Waals surface area contributed by atoms with E-state index in [1.807, 2.05) is 19.9 Å². The van der Waals surface area contributed by atoms with E-state index in [0.717, 1.165) is 6.42 Å². The topological polar surface area (TPSA) is 17.1 Å². The average molecular weight is 271 g/mol. The number of Topliss-reactive ketones (excluding diaryl/α,β-unsaturated/α-hetero) is 1. The number of rotatable bonds is 3. The van der Waals surface area contributed by atoms with Crippen LogP contribution in [0.5, 0.6) is 0 Å². The van der Waals surface area contributed by atoms with E-state index >= 15 is 0 Å². The van der Waals surface area contributed by atoms with Crippen molar-refractivity contribution in [2.24, 2.45) is 0 Å². The molecule has 1 aromatic carbocycles. The summed E-state index contributed by atoms with van der Waals surface area (Å²) in [5, 5.41) is 0. The van der Waals surface area contributed by atoms with E-state index in [4.69, 9.17) is 0 Å². The molecule has 0 heterocycles. The Morgan fingerprint density at radius 2 is 1.80 bits per heavy atom. The van der Waals surface area contributed by atoms with E-state index in [9.17, 15) is 4.79 Å². The van der Waals surface area contributed by atoms with Crippen LogP contribution in [0, 0.1) is 0 Å². The number of hydrogen-bond acceptors (Lipinski definition) is 1. The molecule has 0 aliphatic carbocycles. The van der Waals surface area contributed by atoms with Gasteiger partial charge in [-0.2, -0.15) is 0 Å². The lowest BCUT2D eigenvalue weighted by atomic mass is 10.2. The molecule has 84 valence electrons. The summed E-state index contributed by atoms with van der Waals surface area (Å²) < 4.78 is 1.17. The van der Waals surface area contributed by atoms with Gasteiger partial charge in [-0.3, -0.25) is 4.79 Å². The predicted octanol–water partition coefficient (Wildman–Crippen LogP) is 4.39. The SMILES string of the molecule is CCC(=O)CC.CCc1cccc(Br)c1. The van der Waals surface area contributed by atoms with Crippen molar-refractivity contribution in [3.05, 3.63) is 34.3 Å². The van der Waals surface area contributed by atoms with Crippen LogP contribution in [0.1, 0.15) is 39.2 Å². The van der Waals surface area contributed by atoms with Gasteiger partial charge in [0.15, 0.2) is 0 Å². The number of hydrogen-bond donors (Lipinski definition) is 0. The van der Waals surface area contributed by atoms with Crippen LogP contribution >= 0.6 is 15.9 Å². The van der Waals surface area contributed by atoms with E-state index in [1.165, 1.54) is 10.0 Å². The molecule has 2 heteroatoms. The molecule has 0 aliphatic heterocycles. The summed E-state index contributed by atoms with van der Waals surface area (Å²) in [7, 11) is 0. The van der Waals surface area contributed by atoms with Gasteiger partial charge in [0.25, 0.3) is 0 Å². The van der Waals surface area contributed by atoms with Crippen LogP contribution in [-0.4, -0.2) is 5.78 Å². The average Bonchev–Trinajstić information content (AvgIpc) is 2.28. The maximum atomic E-state index is 10.2. The summed E-state index contributed by atoms with van der Waals surface area (Å²) >= 11 is 3.40. The van der Waals surface area contributed by atoms with Crippen LogP contribution in [-0.2, 0) is 11.2 Å². The van der Waals surface area contributed by atoms with Crippen molar-refractivity contribution >= 4 is 21.7 Å². The van der Waals surface area contributed by atoms with Gasteiger partial charge >= 0.3 is 0 Å². The molecule has 0 amide bonds. The van der Waals surface area contributed by atoms with Crippen molar-refractivity contribution in [1.82, 2.24) is 0 Å². The molecule has 0 atom stereocenters. The minimum atomic E-state index is 0.343. The molecule has 0 bridgehead atoms. The van der Waals surface area contributed by atoms with Crippen LogP contribution in [0.15, 0.2) is 28.7 Å². The first-order chi connectivity index (χ1) is 7.13. The van der Waals surface area contributed by atoms with E-state index in [0.29, 0.717) is 18.6 Å². The van der Waals surface area contributed by atoms with Crippen molar-refractivity contribution in [3.63, 3.8) is 0 Å². The molecule has 0 aromatic heterocycles. The zero-order valence-electron chi connectivity index (χ0n) is 9.72. The van der Waals surface area contributed by atoms with Gasteiger partial charge in [-0.25, -0.2) is 0 Å². The van der Waals surface area contributed by atoms with E-state index in [1.54, 1.807) is 0 Å². The van der Waals surface area contributed by atoms with Crippen LogP contribution in [0.25, 0.3) is 0 Å².